The molecule has 1 aromatic heterocycles. The number of anilines is 1. The lowest BCUT2D eigenvalue weighted by molar-refractivity contribution is 0.0994. The number of nitrogens with zero attached hydrogens (tertiary/aromatic N) is 2. The number of carbonyl (C=O) groups excluding carboxylic acids is 1. The van der Waals surface area contributed by atoms with Crippen molar-refractivity contribution in [1.29, 1.82) is 0 Å². The molecule has 1 aromatic carbocycles. The van der Waals surface area contributed by atoms with Gasteiger partial charge < -0.3 is 4.57 Å². The van der Waals surface area contributed by atoms with Crippen LogP contribution in [0.1, 0.15) is 42.5 Å². The Morgan fingerprint density at radius 3 is 2.30 bits per heavy atom. The summed E-state index contributed by atoms with van der Waals surface area (Å²) in [5.74, 6) is 0.470. The van der Waals surface area contributed by atoms with E-state index in [1.807, 2.05) is 13.8 Å². The van der Waals surface area contributed by atoms with Crippen molar-refractivity contribution in [1.82, 2.24) is 9.55 Å². The number of thioether (sulfide) groups is 1. The number of carbonyl (C=O) groups is 1. The van der Waals surface area contributed by atoms with Gasteiger partial charge in [-0.05, 0) is 51.0 Å². The minimum absolute atomic E-state index is 0.0136. The first-order valence-corrected chi connectivity index (χ1v) is 11.6. The van der Waals surface area contributed by atoms with Crippen LogP contribution in [0.3, 0.4) is 0 Å². The molecule has 0 saturated heterocycles. The highest BCUT2D eigenvalue weighted by Gasteiger charge is 2.21. The molecule has 0 spiro atoms. The van der Waals surface area contributed by atoms with Gasteiger partial charge in [0.05, 0.1) is 17.2 Å². The van der Waals surface area contributed by atoms with Crippen molar-refractivity contribution in [2.24, 2.45) is 5.92 Å². The second kappa shape index (κ2) is 8.48. The molecule has 6 nitrogen and oxygen atoms in total. The number of imidazole rings is 1. The summed E-state index contributed by atoms with van der Waals surface area (Å²) in [7, 11) is -3.33. The zero-order valence-corrected chi connectivity index (χ0v) is 18.2. The number of nitrogens with one attached hydrogen (secondary N) is 1. The number of ketones is 1. The summed E-state index contributed by atoms with van der Waals surface area (Å²) in [6.07, 6.45) is 1.09. The van der Waals surface area contributed by atoms with E-state index in [2.05, 4.69) is 35.0 Å². The number of aryl methyl sites for hydroxylation is 1. The van der Waals surface area contributed by atoms with E-state index in [0.717, 1.165) is 29.3 Å². The van der Waals surface area contributed by atoms with Crippen LogP contribution in [0.15, 0.2) is 29.4 Å². The van der Waals surface area contributed by atoms with Crippen molar-refractivity contribution in [3.63, 3.8) is 0 Å². The fourth-order valence-corrected chi connectivity index (χ4v) is 4.31. The van der Waals surface area contributed by atoms with Crippen molar-refractivity contribution in [3.05, 3.63) is 41.2 Å². The van der Waals surface area contributed by atoms with Gasteiger partial charge in [0.2, 0.25) is 10.0 Å². The molecule has 0 aliphatic carbocycles. The van der Waals surface area contributed by atoms with E-state index < -0.39 is 10.0 Å². The maximum absolute atomic E-state index is 12.8. The van der Waals surface area contributed by atoms with E-state index >= 15 is 0 Å². The van der Waals surface area contributed by atoms with E-state index in [9.17, 15) is 13.2 Å². The van der Waals surface area contributed by atoms with Crippen LogP contribution in [0.5, 0.6) is 0 Å². The van der Waals surface area contributed by atoms with Gasteiger partial charge in [-0.15, -0.1) is 0 Å². The lowest BCUT2D eigenvalue weighted by atomic mass is 10.1. The third-order valence-corrected chi connectivity index (χ3v) is 5.79. The number of Topliss-reactive ketones (excluding diaryl/α,β-unsaturated/α-hetero) is 1. The third kappa shape index (κ3) is 5.84. The normalized spacial score (nSPS) is 13.0. The topological polar surface area (TPSA) is 81.1 Å². The summed E-state index contributed by atoms with van der Waals surface area (Å²) in [4.78, 5) is 17.4. The molecular weight excluding hydrogens is 382 g/mol. The summed E-state index contributed by atoms with van der Waals surface area (Å²) in [6.45, 7) is 11.1. The molecular formula is C19H27N3O3S2. The molecule has 0 amide bonds. The monoisotopic (exact) mass is 409 g/mol. The fraction of sp³-hybridized carbons (Fsp3) is 0.474. The number of benzene rings is 1. The minimum Gasteiger partial charge on any atom is -0.323 e. The summed E-state index contributed by atoms with van der Waals surface area (Å²) < 4.78 is 27.1. The van der Waals surface area contributed by atoms with Crippen molar-refractivity contribution in [3.8, 4) is 0 Å². The molecule has 27 heavy (non-hydrogen) atoms. The largest absolute Gasteiger partial charge is 0.323 e. The summed E-state index contributed by atoms with van der Waals surface area (Å²) in [6, 6.07) is 6.48. The maximum Gasteiger partial charge on any atom is 0.229 e. The van der Waals surface area contributed by atoms with Crippen LogP contribution in [0, 0.1) is 19.8 Å². The molecule has 2 aromatic rings. The zero-order chi connectivity index (χ0) is 20.4. The molecule has 0 saturated carbocycles. The first-order valence-electron chi connectivity index (χ1n) is 8.80. The van der Waals surface area contributed by atoms with E-state index in [0.29, 0.717) is 17.2 Å². The van der Waals surface area contributed by atoms with Crippen LogP contribution in [0.4, 0.5) is 5.69 Å². The molecule has 0 aliphatic heterocycles. The molecule has 8 heteroatoms. The second-order valence-electron chi connectivity index (χ2n) is 7.15. The lowest BCUT2D eigenvalue weighted by Gasteiger charge is -2.15. The van der Waals surface area contributed by atoms with Crippen molar-refractivity contribution < 1.29 is 13.2 Å². The number of hydrogen-bond acceptors (Lipinski definition) is 5. The number of rotatable bonds is 8. The smallest absolute Gasteiger partial charge is 0.229 e. The average molecular weight is 410 g/mol. The van der Waals surface area contributed by atoms with Crippen LogP contribution in [0.2, 0.25) is 0 Å². The Morgan fingerprint density at radius 1 is 1.19 bits per heavy atom. The molecule has 1 atom stereocenters. The Morgan fingerprint density at radius 2 is 1.78 bits per heavy atom. The highest BCUT2D eigenvalue weighted by Crippen LogP contribution is 2.28. The van der Waals surface area contributed by atoms with Crippen molar-refractivity contribution in [2.45, 2.75) is 51.6 Å². The Kier molecular flexibility index (Phi) is 6.75. The van der Waals surface area contributed by atoms with E-state index in [1.54, 1.807) is 24.3 Å². The Hall–Kier alpha value is -1.80. The zero-order valence-electron chi connectivity index (χ0n) is 16.6. The van der Waals surface area contributed by atoms with Crippen molar-refractivity contribution in [2.75, 3.05) is 11.0 Å². The summed E-state index contributed by atoms with van der Waals surface area (Å²) in [5.41, 5.74) is 3.09. The van der Waals surface area contributed by atoms with Crippen LogP contribution in [-0.2, 0) is 16.6 Å². The number of sulfonamides is 1. The van der Waals surface area contributed by atoms with Gasteiger partial charge in [-0.3, -0.25) is 9.52 Å². The molecule has 148 valence electrons. The third-order valence-electron chi connectivity index (χ3n) is 4.09. The first-order chi connectivity index (χ1) is 12.5. The first kappa shape index (κ1) is 21.5. The predicted molar refractivity (Wildman–Crippen MR) is 111 cm³/mol. The van der Waals surface area contributed by atoms with Gasteiger partial charge in [0, 0.05) is 23.5 Å². The van der Waals surface area contributed by atoms with Gasteiger partial charge in [-0.2, -0.15) is 0 Å². The van der Waals surface area contributed by atoms with E-state index in [4.69, 9.17) is 0 Å². The minimum atomic E-state index is -3.33. The number of aromatic nitrogens is 2. The molecule has 1 heterocycles. The van der Waals surface area contributed by atoms with Gasteiger partial charge in [-0.25, -0.2) is 13.4 Å². The Bertz CT molecular complexity index is 916. The fourth-order valence-electron chi connectivity index (χ4n) is 2.66. The van der Waals surface area contributed by atoms with Gasteiger partial charge in [0.15, 0.2) is 10.9 Å². The van der Waals surface area contributed by atoms with Crippen molar-refractivity contribution >= 4 is 33.3 Å². The molecule has 2 rings (SSSR count). The highest BCUT2D eigenvalue weighted by molar-refractivity contribution is 8.00. The van der Waals surface area contributed by atoms with Gasteiger partial charge in [0.1, 0.15) is 0 Å². The van der Waals surface area contributed by atoms with Crippen LogP contribution < -0.4 is 4.72 Å². The summed E-state index contributed by atoms with van der Waals surface area (Å²) >= 11 is 1.46. The second-order valence-corrected chi connectivity index (χ2v) is 10.2. The SMILES string of the molecule is Cc1nc(SC(C)C(=O)c2ccc(NS(C)(=O)=O)cc2)n(CC(C)C)c1C. The van der Waals surface area contributed by atoms with E-state index in [-0.39, 0.29) is 11.0 Å². The highest BCUT2D eigenvalue weighted by atomic mass is 32.2. The summed E-state index contributed by atoms with van der Waals surface area (Å²) in [5, 5.41) is 0.556. The maximum atomic E-state index is 12.8. The predicted octanol–water partition coefficient (Wildman–Crippen LogP) is 3.89. The number of hydrogen-bond donors (Lipinski definition) is 1. The average Bonchev–Trinajstić information content (AvgIpc) is 2.80. The van der Waals surface area contributed by atoms with Crippen LogP contribution >= 0.6 is 11.8 Å². The van der Waals surface area contributed by atoms with Gasteiger partial charge in [0.25, 0.3) is 0 Å². The quantitative estimate of drug-likeness (QED) is 0.528. The standard InChI is InChI=1S/C19H27N3O3S2/c1-12(2)11-22-14(4)13(3)20-19(22)26-15(5)18(23)16-7-9-17(10-8-16)21-27(6,24)25/h7-10,12,15,21H,11H2,1-6H3. The molecule has 0 bridgehead atoms. The molecule has 1 N–H and O–H groups in total. The Balaban J connectivity index is 2.15. The van der Waals surface area contributed by atoms with Crippen LogP contribution in [-0.4, -0.2) is 35.3 Å². The Labute approximate surface area is 165 Å². The molecule has 1 unspecified atom stereocenters. The molecule has 0 fully saturated rings. The lowest BCUT2D eigenvalue weighted by Crippen LogP contribution is -2.16. The van der Waals surface area contributed by atoms with E-state index in [1.165, 1.54) is 11.8 Å². The molecule has 0 radical (unpaired) electrons. The molecule has 0 aliphatic rings. The van der Waals surface area contributed by atoms with Crippen LogP contribution in [0.25, 0.3) is 0 Å². The van der Waals surface area contributed by atoms with Gasteiger partial charge in [-0.1, -0.05) is 25.6 Å². The van der Waals surface area contributed by atoms with Gasteiger partial charge >= 0.3 is 0 Å².